The van der Waals surface area contributed by atoms with Gasteiger partial charge in [-0.2, -0.15) is 0 Å². The van der Waals surface area contributed by atoms with Gasteiger partial charge in [-0.05, 0) is 40.7 Å². The second-order valence-electron chi connectivity index (χ2n) is 7.26. The van der Waals surface area contributed by atoms with E-state index < -0.39 is 18.3 Å². The minimum absolute atomic E-state index is 0.276. The molecule has 0 unspecified atom stereocenters. The Morgan fingerprint density at radius 2 is 1.68 bits per heavy atom. The number of nitrogens with zero attached hydrogens (tertiary/aromatic N) is 2. The van der Waals surface area contributed by atoms with E-state index in [-0.39, 0.29) is 5.91 Å². The molecule has 2 aromatic rings. The predicted octanol–water partition coefficient (Wildman–Crippen LogP) is 2.34. The molecule has 1 amide bonds. The van der Waals surface area contributed by atoms with Crippen molar-refractivity contribution in [1.29, 1.82) is 0 Å². The molecule has 0 aliphatic carbocycles. The SMILES string of the molecule is Cc1ccc(NC(=O)c2cncnc2)c(B2OC(C)(C)C(C)(C)O2)c1. The van der Waals surface area contributed by atoms with E-state index in [1.54, 1.807) is 0 Å². The van der Waals surface area contributed by atoms with Crippen LogP contribution in [0.1, 0.15) is 43.6 Å². The first-order valence-corrected chi connectivity index (χ1v) is 8.22. The Labute approximate surface area is 148 Å². The van der Waals surface area contributed by atoms with Crippen molar-refractivity contribution in [1.82, 2.24) is 9.97 Å². The van der Waals surface area contributed by atoms with Gasteiger partial charge in [-0.3, -0.25) is 4.79 Å². The molecule has 0 bridgehead atoms. The summed E-state index contributed by atoms with van der Waals surface area (Å²) in [6.07, 6.45) is 4.34. The number of hydrogen-bond donors (Lipinski definition) is 1. The van der Waals surface area contributed by atoms with Crippen molar-refractivity contribution in [3.8, 4) is 0 Å². The standard InChI is InChI=1S/C18H22BN3O3/c1-12-6-7-15(22-16(23)13-9-20-11-21-10-13)14(8-12)19-24-17(2,3)18(4,5)25-19/h6-11H,1-5H3,(H,22,23). The number of nitrogens with one attached hydrogen (secondary N) is 1. The van der Waals surface area contributed by atoms with Crippen LogP contribution >= 0.6 is 0 Å². The predicted molar refractivity (Wildman–Crippen MR) is 96.9 cm³/mol. The van der Waals surface area contributed by atoms with Crippen LogP contribution in [0.15, 0.2) is 36.9 Å². The number of amides is 1. The van der Waals surface area contributed by atoms with Crippen LogP contribution in [-0.2, 0) is 9.31 Å². The van der Waals surface area contributed by atoms with Crippen LogP contribution in [0.4, 0.5) is 5.69 Å². The third-order valence-electron chi connectivity index (χ3n) is 4.79. The van der Waals surface area contributed by atoms with Crippen LogP contribution < -0.4 is 10.8 Å². The van der Waals surface area contributed by atoms with Crippen molar-refractivity contribution >= 4 is 24.2 Å². The molecule has 1 aromatic heterocycles. The number of hydrogen-bond acceptors (Lipinski definition) is 5. The molecule has 6 nitrogen and oxygen atoms in total. The van der Waals surface area contributed by atoms with Gasteiger partial charge in [0.25, 0.3) is 5.91 Å². The maximum Gasteiger partial charge on any atom is 0.496 e. The summed E-state index contributed by atoms with van der Waals surface area (Å²) in [6.45, 7) is 10.0. The number of carbonyl (C=O) groups excluding carboxylic acids is 1. The third-order valence-corrected chi connectivity index (χ3v) is 4.79. The molecule has 0 radical (unpaired) electrons. The molecule has 0 atom stereocenters. The Morgan fingerprint density at radius 1 is 1.08 bits per heavy atom. The lowest BCUT2D eigenvalue weighted by Gasteiger charge is -2.32. The Kier molecular flexibility index (Phi) is 4.39. The maximum absolute atomic E-state index is 12.4. The highest BCUT2D eigenvalue weighted by molar-refractivity contribution is 6.64. The molecule has 25 heavy (non-hydrogen) atoms. The monoisotopic (exact) mass is 339 g/mol. The van der Waals surface area contributed by atoms with Gasteiger partial charge >= 0.3 is 7.12 Å². The zero-order valence-electron chi connectivity index (χ0n) is 15.2. The lowest BCUT2D eigenvalue weighted by Crippen LogP contribution is -2.41. The minimum atomic E-state index is -0.549. The average molecular weight is 339 g/mol. The summed E-state index contributed by atoms with van der Waals surface area (Å²) in [7, 11) is -0.549. The average Bonchev–Trinajstić information content (AvgIpc) is 2.78. The van der Waals surface area contributed by atoms with E-state index in [2.05, 4.69) is 15.3 Å². The summed E-state index contributed by atoms with van der Waals surface area (Å²) in [5, 5.41) is 2.91. The van der Waals surface area contributed by atoms with Crippen LogP contribution in [0.25, 0.3) is 0 Å². The molecule has 1 aliphatic heterocycles. The van der Waals surface area contributed by atoms with Gasteiger partial charge in [0.05, 0.1) is 16.8 Å². The van der Waals surface area contributed by atoms with E-state index >= 15 is 0 Å². The van der Waals surface area contributed by atoms with Crippen LogP contribution in [0.5, 0.6) is 0 Å². The topological polar surface area (TPSA) is 73.3 Å². The fourth-order valence-corrected chi connectivity index (χ4v) is 2.57. The first-order valence-electron chi connectivity index (χ1n) is 8.22. The van der Waals surface area contributed by atoms with E-state index in [9.17, 15) is 4.79 Å². The summed E-state index contributed by atoms with van der Waals surface area (Å²) < 4.78 is 12.3. The van der Waals surface area contributed by atoms with Crippen molar-refractivity contribution in [2.24, 2.45) is 0 Å². The fraction of sp³-hybridized carbons (Fsp3) is 0.389. The third kappa shape index (κ3) is 3.43. The number of aromatic nitrogens is 2. The van der Waals surface area contributed by atoms with Gasteiger partial charge in [0.2, 0.25) is 0 Å². The number of benzene rings is 1. The van der Waals surface area contributed by atoms with Gasteiger partial charge in [0, 0.05) is 23.5 Å². The van der Waals surface area contributed by atoms with Crippen molar-refractivity contribution in [2.45, 2.75) is 45.8 Å². The molecule has 1 aromatic carbocycles. The van der Waals surface area contributed by atoms with Crippen molar-refractivity contribution in [3.05, 3.63) is 48.0 Å². The highest BCUT2D eigenvalue weighted by Gasteiger charge is 2.52. The smallest absolute Gasteiger partial charge is 0.399 e. The molecule has 0 spiro atoms. The summed E-state index contributed by atoms with van der Waals surface area (Å²) >= 11 is 0. The second kappa shape index (κ2) is 6.24. The van der Waals surface area contributed by atoms with Gasteiger partial charge < -0.3 is 14.6 Å². The molecule has 2 heterocycles. The quantitative estimate of drug-likeness (QED) is 0.869. The van der Waals surface area contributed by atoms with Gasteiger partial charge in [-0.25, -0.2) is 9.97 Å². The van der Waals surface area contributed by atoms with E-state index in [4.69, 9.17) is 9.31 Å². The fourth-order valence-electron chi connectivity index (χ4n) is 2.57. The zero-order valence-corrected chi connectivity index (χ0v) is 15.2. The summed E-state index contributed by atoms with van der Waals surface area (Å²) in [4.78, 5) is 20.2. The molecule has 1 aliphatic rings. The minimum Gasteiger partial charge on any atom is -0.399 e. The van der Waals surface area contributed by atoms with Crippen LogP contribution in [0.2, 0.25) is 0 Å². The van der Waals surface area contributed by atoms with Crippen molar-refractivity contribution < 1.29 is 14.1 Å². The molecule has 1 saturated heterocycles. The first-order chi connectivity index (χ1) is 11.7. The summed E-state index contributed by atoms with van der Waals surface area (Å²) in [5.41, 5.74) is 2.00. The van der Waals surface area contributed by atoms with Gasteiger partial charge in [0.1, 0.15) is 6.33 Å². The Balaban J connectivity index is 1.91. The van der Waals surface area contributed by atoms with Crippen molar-refractivity contribution in [3.63, 3.8) is 0 Å². The van der Waals surface area contributed by atoms with Crippen LogP contribution in [-0.4, -0.2) is 34.2 Å². The number of rotatable bonds is 3. The zero-order chi connectivity index (χ0) is 18.2. The molecule has 1 fully saturated rings. The highest BCUT2D eigenvalue weighted by atomic mass is 16.7. The first kappa shape index (κ1) is 17.6. The van der Waals surface area contributed by atoms with E-state index in [0.717, 1.165) is 11.0 Å². The maximum atomic E-state index is 12.4. The second-order valence-corrected chi connectivity index (χ2v) is 7.26. The number of aryl methyl sites for hydroxylation is 1. The van der Waals surface area contributed by atoms with Gasteiger partial charge in [-0.15, -0.1) is 0 Å². The molecule has 7 heteroatoms. The molecule has 130 valence electrons. The molecule has 0 saturated carbocycles. The molecular weight excluding hydrogens is 317 g/mol. The summed E-state index contributed by atoms with van der Waals surface area (Å²) in [6, 6.07) is 5.77. The van der Waals surface area contributed by atoms with Crippen LogP contribution in [0, 0.1) is 6.92 Å². The summed E-state index contributed by atoms with van der Waals surface area (Å²) in [5.74, 6) is -0.276. The van der Waals surface area contributed by atoms with E-state index in [1.165, 1.54) is 18.7 Å². The van der Waals surface area contributed by atoms with Crippen molar-refractivity contribution in [2.75, 3.05) is 5.32 Å². The Bertz CT molecular complexity index is 777. The molecule has 1 N–H and O–H groups in total. The van der Waals surface area contributed by atoms with Crippen LogP contribution in [0.3, 0.4) is 0 Å². The Hall–Kier alpha value is -2.25. The Morgan fingerprint density at radius 3 is 2.28 bits per heavy atom. The number of carbonyl (C=O) groups is 1. The van der Waals surface area contributed by atoms with E-state index in [1.807, 2.05) is 52.8 Å². The largest absolute Gasteiger partial charge is 0.496 e. The molecule has 3 rings (SSSR count). The lowest BCUT2D eigenvalue weighted by molar-refractivity contribution is 0.00578. The lowest BCUT2D eigenvalue weighted by atomic mass is 9.77. The highest BCUT2D eigenvalue weighted by Crippen LogP contribution is 2.37. The number of anilines is 1. The molecular formula is C18H22BN3O3. The van der Waals surface area contributed by atoms with E-state index in [0.29, 0.717) is 11.3 Å². The van der Waals surface area contributed by atoms with Gasteiger partial charge in [0.15, 0.2) is 0 Å². The van der Waals surface area contributed by atoms with Gasteiger partial charge in [-0.1, -0.05) is 17.7 Å². The normalized spacial score (nSPS) is 18.2.